The van der Waals surface area contributed by atoms with E-state index in [0.717, 1.165) is 5.56 Å². The largest absolute Gasteiger partial charge is 0.504 e. The third-order valence-electron chi connectivity index (χ3n) is 5.85. The number of methoxy groups -OCH3 is 1. The number of Topliss-reactive ketones (excluding diaryl/α,β-unsaturated/α-hetero) is 2. The zero-order valence-electron chi connectivity index (χ0n) is 13.5. The number of phenolic OH excluding ortho intramolecular Hbond substituents is 1. The Balaban J connectivity index is 2.22. The molecule has 1 saturated carbocycles. The van der Waals surface area contributed by atoms with Gasteiger partial charge in [-0.05, 0) is 35.4 Å². The third-order valence-corrected chi connectivity index (χ3v) is 5.85. The first-order chi connectivity index (χ1) is 10.2. The molecule has 0 spiro atoms. The van der Waals surface area contributed by atoms with Gasteiger partial charge in [0.15, 0.2) is 17.3 Å². The van der Waals surface area contributed by atoms with E-state index in [4.69, 9.17) is 4.74 Å². The normalized spacial score (nSPS) is 29.7. The molecule has 2 aliphatic carbocycles. The zero-order chi connectivity index (χ0) is 16.3. The van der Waals surface area contributed by atoms with Crippen LogP contribution in [-0.4, -0.2) is 23.8 Å². The molecule has 0 unspecified atom stereocenters. The average Bonchev–Trinajstić information content (AvgIpc) is 2.46. The summed E-state index contributed by atoms with van der Waals surface area (Å²) in [5, 5.41) is 10.1. The minimum Gasteiger partial charge on any atom is -0.504 e. The molecule has 118 valence electrons. The number of ketones is 2. The summed E-state index contributed by atoms with van der Waals surface area (Å²) in [6.45, 7) is 6.00. The first-order valence-electron chi connectivity index (χ1n) is 7.70. The molecule has 0 bridgehead atoms. The fourth-order valence-electron chi connectivity index (χ4n) is 4.39. The molecular formula is C18H22O4. The Morgan fingerprint density at radius 2 is 1.91 bits per heavy atom. The number of ether oxygens (including phenoxy) is 1. The Kier molecular flexibility index (Phi) is 3.13. The lowest BCUT2D eigenvalue weighted by molar-refractivity contribution is -0.136. The van der Waals surface area contributed by atoms with Gasteiger partial charge in [-0.1, -0.05) is 20.8 Å². The number of phenols is 1. The lowest BCUT2D eigenvalue weighted by Gasteiger charge is -2.52. The Morgan fingerprint density at radius 3 is 2.55 bits per heavy atom. The van der Waals surface area contributed by atoms with Gasteiger partial charge in [-0.25, -0.2) is 0 Å². The lowest BCUT2D eigenvalue weighted by atomic mass is 9.50. The molecule has 2 aliphatic rings. The Labute approximate surface area is 130 Å². The molecule has 3 rings (SSSR count). The number of hydrogen-bond donors (Lipinski definition) is 1. The van der Waals surface area contributed by atoms with Crippen LogP contribution in [0.3, 0.4) is 0 Å². The van der Waals surface area contributed by atoms with Gasteiger partial charge in [-0.3, -0.25) is 9.59 Å². The van der Waals surface area contributed by atoms with Crippen molar-refractivity contribution in [3.05, 3.63) is 23.3 Å². The van der Waals surface area contributed by atoms with E-state index in [1.807, 2.05) is 13.8 Å². The van der Waals surface area contributed by atoms with Crippen LogP contribution >= 0.6 is 0 Å². The molecule has 0 amide bonds. The van der Waals surface area contributed by atoms with Crippen LogP contribution in [0.1, 0.15) is 56.0 Å². The van der Waals surface area contributed by atoms with Crippen LogP contribution in [0.2, 0.25) is 0 Å². The maximum atomic E-state index is 12.6. The second-order valence-corrected chi connectivity index (χ2v) is 7.31. The highest BCUT2D eigenvalue weighted by molar-refractivity contribution is 6.01. The minimum atomic E-state index is -0.518. The number of hydrogen-bond acceptors (Lipinski definition) is 4. The van der Waals surface area contributed by atoms with E-state index in [1.54, 1.807) is 12.1 Å². The fourth-order valence-corrected chi connectivity index (χ4v) is 4.39. The standard InChI is InChI=1S/C18H22O4/c1-17(2)15-9-12(19)10-7-14(22-4)13(20)8-11(10)18(15,3)6-5-16(17)21/h7-8,15,20H,5-6,9H2,1-4H3/t15-,18+/m0/s1. The van der Waals surface area contributed by atoms with E-state index in [2.05, 4.69) is 6.92 Å². The topological polar surface area (TPSA) is 63.6 Å². The number of rotatable bonds is 1. The molecule has 22 heavy (non-hydrogen) atoms. The highest BCUT2D eigenvalue weighted by atomic mass is 16.5. The van der Waals surface area contributed by atoms with E-state index >= 15 is 0 Å². The fraction of sp³-hybridized carbons (Fsp3) is 0.556. The summed E-state index contributed by atoms with van der Waals surface area (Å²) in [7, 11) is 1.47. The van der Waals surface area contributed by atoms with Gasteiger partial charge in [0.1, 0.15) is 5.78 Å². The number of carbonyl (C=O) groups excluding carboxylic acids is 2. The van der Waals surface area contributed by atoms with Crippen molar-refractivity contribution in [2.45, 2.75) is 45.4 Å². The Bertz CT molecular complexity index is 674. The molecular weight excluding hydrogens is 280 g/mol. The van der Waals surface area contributed by atoms with Crippen molar-refractivity contribution in [2.75, 3.05) is 7.11 Å². The molecule has 0 radical (unpaired) electrons. The van der Waals surface area contributed by atoms with Crippen LogP contribution in [0.4, 0.5) is 0 Å². The molecule has 0 aliphatic heterocycles. The number of aromatic hydroxyl groups is 1. The maximum Gasteiger partial charge on any atom is 0.163 e. The van der Waals surface area contributed by atoms with Crippen LogP contribution in [-0.2, 0) is 10.2 Å². The first kappa shape index (κ1) is 15.1. The van der Waals surface area contributed by atoms with Gasteiger partial charge in [0, 0.05) is 23.8 Å². The van der Waals surface area contributed by atoms with Gasteiger partial charge in [0.05, 0.1) is 7.11 Å². The number of fused-ring (bicyclic) bond motifs is 3. The summed E-state index contributed by atoms with van der Waals surface area (Å²) in [6.07, 6.45) is 1.60. The van der Waals surface area contributed by atoms with Crippen molar-refractivity contribution in [1.29, 1.82) is 0 Å². The average molecular weight is 302 g/mol. The first-order valence-corrected chi connectivity index (χ1v) is 7.70. The van der Waals surface area contributed by atoms with Crippen molar-refractivity contribution in [3.8, 4) is 11.5 Å². The lowest BCUT2D eigenvalue weighted by Crippen LogP contribution is -2.53. The van der Waals surface area contributed by atoms with E-state index < -0.39 is 5.41 Å². The Hall–Kier alpha value is -1.84. The molecule has 1 fully saturated rings. The quantitative estimate of drug-likeness (QED) is 0.865. The molecule has 2 atom stereocenters. The van der Waals surface area contributed by atoms with Crippen molar-refractivity contribution >= 4 is 11.6 Å². The summed E-state index contributed by atoms with van der Waals surface area (Å²) < 4.78 is 5.13. The van der Waals surface area contributed by atoms with Gasteiger partial charge in [0.2, 0.25) is 0 Å². The van der Waals surface area contributed by atoms with Crippen LogP contribution < -0.4 is 4.74 Å². The van der Waals surface area contributed by atoms with Gasteiger partial charge in [0.25, 0.3) is 0 Å². The van der Waals surface area contributed by atoms with Gasteiger partial charge in [-0.15, -0.1) is 0 Å². The predicted octanol–water partition coefficient (Wildman–Crippen LogP) is 3.25. The number of benzene rings is 1. The summed E-state index contributed by atoms with van der Waals surface area (Å²) in [6, 6.07) is 3.29. The van der Waals surface area contributed by atoms with Crippen LogP contribution in [0.25, 0.3) is 0 Å². The van der Waals surface area contributed by atoms with E-state index in [-0.39, 0.29) is 28.6 Å². The summed E-state index contributed by atoms with van der Waals surface area (Å²) in [5.74, 6) is 0.586. The van der Waals surface area contributed by atoms with Gasteiger partial charge >= 0.3 is 0 Å². The smallest absolute Gasteiger partial charge is 0.163 e. The summed E-state index contributed by atoms with van der Waals surface area (Å²) in [5.41, 5.74) is 0.687. The zero-order valence-corrected chi connectivity index (χ0v) is 13.5. The van der Waals surface area contributed by atoms with Gasteiger partial charge in [-0.2, -0.15) is 0 Å². The third kappa shape index (κ3) is 1.82. The van der Waals surface area contributed by atoms with Crippen LogP contribution in [0, 0.1) is 11.3 Å². The monoisotopic (exact) mass is 302 g/mol. The maximum absolute atomic E-state index is 12.6. The second-order valence-electron chi connectivity index (χ2n) is 7.31. The van der Waals surface area contributed by atoms with Crippen molar-refractivity contribution in [2.24, 2.45) is 11.3 Å². The number of carbonyl (C=O) groups is 2. The highest BCUT2D eigenvalue weighted by Gasteiger charge is 2.55. The van der Waals surface area contributed by atoms with E-state index in [0.29, 0.717) is 30.6 Å². The summed E-state index contributed by atoms with van der Waals surface area (Å²) in [4.78, 5) is 24.9. The molecule has 0 heterocycles. The second kappa shape index (κ2) is 4.58. The molecule has 1 aromatic rings. The van der Waals surface area contributed by atoms with Gasteiger partial charge < -0.3 is 9.84 Å². The molecule has 0 aromatic heterocycles. The van der Waals surface area contributed by atoms with Crippen molar-refractivity contribution in [3.63, 3.8) is 0 Å². The van der Waals surface area contributed by atoms with E-state index in [1.165, 1.54) is 7.11 Å². The molecule has 1 N–H and O–H groups in total. The highest BCUT2D eigenvalue weighted by Crippen LogP contribution is 2.56. The summed E-state index contributed by atoms with van der Waals surface area (Å²) >= 11 is 0. The Morgan fingerprint density at radius 1 is 1.23 bits per heavy atom. The molecule has 1 aromatic carbocycles. The van der Waals surface area contributed by atoms with Crippen LogP contribution in [0.5, 0.6) is 11.5 Å². The van der Waals surface area contributed by atoms with Crippen LogP contribution in [0.15, 0.2) is 12.1 Å². The molecule has 4 nitrogen and oxygen atoms in total. The predicted molar refractivity (Wildman–Crippen MR) is 82.5 cm³/mol. The molecule has 4 heteroatoms. The van der Waals surface area contributed by atoms with Crippen molar-refractivity contribution in [1.82, 2.24) is 0 Å². The van der Waals surface area contributed by atoms with E-state index in [9.17, 15) is 14.7 Å². The minimum absolute atomic E-state index is 0.0264. The SMILES string of the molecule is COc1cc2c(cc1O)[C@@]1(C)CCC(=O)C(C)(C)[C@@H]1CC2=O. The molecule has 0 saturated heterocycles. The van der Waals surface area contributed by atoms with Crippen molar-refractivity contribution < 1.29 is 19.4 Å².